The van der Waals surface area contributed by atoms with E-state index in [2.05, 4.69) is 16.6 Å². The van der Waals surface area contributed by atoms with Crippen molar-refractivity contribution < 1.29 is 8.42 Å². The van der Waals surface area contributed by atoms with Crippen molar-refractivity contribution in [3.63, 3.8) is 0 Å². The zero-order valence-corrected chi connectivity index (χ0v) is 14.7. The molecule has 0 aromatic carbocycles. The topological polar surface area (TPSA) is 85.1 Å². The van der Waals surface area contributed by atoms with Gasteiger partial charge in [-0.2, -0.15) is 0 Å². The van der Waals surface area contributed by atoms with E-state index in [1.165, 1.54) is 38.5 Å². The number of anilines is 1. The molecule has 1 aromatic heterocycles. The van der Waals surface area contributed by atoms with E-state index in [9.17, 15) is 8.42 Å². The van der Waals surface area contributed by atoms with E-state index in [1.54, 1.807) is 6.92 Å². The molecule has 0 saturated heterocycles. The Morgan fingerprint density at radius 2 is 1.67 bits per heavy atom. The Labute approximate surface area is 132 Å². The highest BCUT2D eigenvalue weighted by molar-refractivity contribution is 7.91. The molecule has 0 radical (unpaired) electrons. The second-order valence-corrected chi connectivity index (χ2v) is 8.29. The summed E-state index contributed by atoms with van der Waals surface area (Å²) in [6.07, 6.45) is 9.56. The molecule has 1 rings (SSSR count). The molecule has 0 aliphatic carbocycles. The Balaban J connectivity index is 2.19. The van der Waals surface area contributed by atoms with Crippen LogP contribution in [0.25, 0.3) is 0 Å². The number of nitrogens with zero attached hydrogens (tertiary/aromatic N) is 1. The molecule has 21 heavy (non-hydrogen) atoms. The first-order chi connectivity index (χ1) is 9.97. The summed E-state index contributed by atoms with van der Waals surface area (Å²) in [7, 11) is -3.45. The SMILES string of the molecule is CCCCCCCCCCNS(=O)(=O)c1sc(N)nc1C. The van der Waals surface area contributed by atoms with Crippen molar-refractivity contribution >= 4 is 26.5 Å². The van der Waals surface area contributed by atoms with Crippen LogP contribution in [0, 0.1) is 6.92 Å². The molecular weight excluding hydrogens is 306 g/mol. The number of aryl methyl sites for hydroxylation is 1. The monoisotopic (exact) mass is 333 g/mol. The lowest BCUT2D eigenvalue weighted by Crippen LogP contribution is -2.24. The first-order valence-electron chi connectivity index (χ1n) is 7.70. The standard InChI is InChI=1S/C14H27N3O2S2/c1-3-4-5-6-7-8-9-10-11-16-21(18,19)13-12(2)17-14(15)20-13/h16H,3-11H2,1-2H3,(H2,15,17). The molecule has 0 amide bonds. The number of aromatic nitrogens is 1. The van der Waals surface area contributed by atoms with Crippen molar-refractivity contribution in [2.75, 3.05) is 12.3 Å². The number of hydrogen-bond donors (Lipinski definition) is 2. The summed E-state index contributed by atoms with van der Waals surface area (Å²) >= 11 is 1.02. The van der Waals surface area contributed by atoms with Crippen LogP contribution in [0.3, 0.4) is 0 Å². The number of sulfonamides is 1. The summed E-state index contributed by atoms with van der Waals surface area (Å²) in [6, 6.07) is 0. The van der Waals surface area contributed by atoms with Gasteiger partial charge in [0.15, 0.2) is 9.34 Å². The van der Waals surface area contributed by atoms with Gasteiger partial charge in [-0.3, -0.25) is 0 Å². The molecule has 5 nitrogen and oxygen atoms in total. The van der Waals surface area contributed by atoms with Gasteiger partial charge in [0.2, 0.25) is 0 Å². The summed E-state index contributed by atoms with van der Waals surface area (Å²) in [5.74, 6) is 0. The summed E-state index contributed by atoms with van der Waals surface area (Å²) in [5, 5.41) is 0.292. The predicted molar refractivity (Wildman–Crippen MR) is 89.1 cm³/mol. The summed E-state index contributed by atoms with van der Waals surface area (Å²) in [6.45, 7) is 4.36. The van der Waals surface area contributed by atoms with Gasteiger partial charge in [-0.1, -0.05) is 63.2 Å². The van der Waals surface area contributed by atoms with Crippen molar-refractivity contribution in [1.82, 2.24) is 9.71 Å². The molecule has 0 atom stereocenters. The molecule has 0 unspecified atom stereocenters. The third kappa shape index (κ3) is 6.76. The largest absolute Gasteiger partial charge is 0.375 e. The Morgan fingerprint density at radius 1 is 1.10 bits per heavy atom. The van der Waals surface area contributed by atoms with E-state index in [0.717, 1.165) is 24.2 Å². The fourth-order valence-electron chi connectivity index (χ4n) is 2.18. The number of rotatable bonds is 11. The fraction of sp³-hybridized carbons (Fsp3) is 0.786. The Hall–Kier alpha value is -0.660. The lowest BCUT2D eigenvalue weighted by molar-refractivity contribution is 0.559. The van der Waals surface area contributed by atoms with Gasteiger partial charge in [0.05, 0.1) is 5.69 Å². The highest BCUT2D eigenvalue weighted by atomic mass is 32.2. The second kappa shape index (κ2) is 9.38. The number of thiazole rings is 1. The van der Waals surface area contributed by atoms with Crippen LogP contribution >= 0.6 is 11.3 Å². The molecule has 0 spiro atoms. The number of nitrogen functional groups attached to an aromatic ring is 1. The normalized spacial score (nSPS) is 11.9. The zero-order chi connectivity index (χ0) is 15.7. The van der Waals surface area contributed by atoms with Crippen LogP contribution in [0.4, 0.5) is 5.13 Å². The van der Waals surface area contributed by atoms with Crippen LogP contribution in [-0.2, 0) is 10.0 Å². The van der Waals surface area contributed by atoms with Gasteiger partial charge in [0.1, 0.15) is 0 Å². The van der Waals surface area contributed by atoms with Crippen molar-refractivity contribution in [3.8, 4) is 0 Å². The fourth-order valence-corrected chi connectivity index (χ4v) is 4.60. The molecular formula is C14H27N3O2S2. The van der Waals surface area contributed by atoms with Gasteiger partial charge in [-0.15, -0.1) is 0 Å². The summed E-state index contributed by atoms with van der Waals surface area (Å²) in [4.78, 5) is 3.95. The third-order valence-electron chi connectivity index (χ3n) is 3.34. The Bertz CT molecular complexity index is 512. The smallest absolute Gasteiger partial charge is 0.252 e. The van der Waals surface area contributed by atoms with Gasteiger partial charge >= 0.3 is 0 Å². The van der Waals surface area contributed by atoms with Crippen LogP contribution < -0.4 is 10.5 Å². The molecule has 0 bridgehead atoms. The maximum Gasteiger partial charge on any atom is 0.252 e. The summed E-state index contributed by atoms with van der Waals surface area (Å²) < 4.78 is 27.0. The van der Waals surface area contributed by atoms with Crippen LogP contribution in [0.1, 0.15) is 64.0 Å². The number of nitrogens with two attached hydrogens (primary N) is 1. The average Bonchev–Trinajstić information content (AvgIpc) is 2.77. The van der Waals surface area contributed by atoms with Crippen molar-refractivity contribution in [2.45, 2.75) is 69.4 Å². The van der Waals surface area contributed by atoms with Crippen molar-refractivity contribution in [2.24, 2.45) is 0 Å². The maximum absolute atomic E-state index is 12.1. The molecule has 1 aromatic rings. The molecule has 7 heteroatoms. The number of unbranched alkanes of at least 4 members (excludes halogenated alkanes) is 7. The van der Waals surface area contributed by atoms with E-state index in [1.807, 2.05) is 0 Å². The first-order valence-corrected chi connectivity index (χ1v) is 10.00. The Kier molecular flexibility index (Phi) is 8.21. The zero-order valence-electron chi connectivity index (χ0n) is 13.0. The quantitative estimate of drug-likeness (QED) is 0.607. The van der Waals surface area contributed by atoms with Gasteiger partial charge < -0.3 is 5.73 Å². The highest BCUT2D eigenvalue weighted by Gasteiger charge is 2.20. The van der Waals surface area contributed by atoms with Crippen LogP contribution in [0.2, 0.25) is 0 Å². The van der Waals surface area contributed by atoms with Gasteiger partial charge in [-0.25, -0.2) is 18.1 Å². The number of hydrogen-bond acceptors (Lipinski definition) is 5. The molecule has 1 heterocycles. The average molecular weight is 334 g/mol. The maximum atomic E-state index is 12.1. The molecule has 3 N–H and O–H groups in total. The van der Waals surface area contributed by atoms with Crippen LogP contribution in [0.5, 0.6) is 0 Å². The van der Waals surface area contributed by atoms with E-state index in [4.69, 9.17) is 5.73 Å². The molecule has 0 fully saturated rings. The van der Waals surface area contributed by atoms with Gasteiger partial charge in [0.25, 0.3) is 10.0 Å². The lowest BCUT2D eigenvalue weighted by Gasteiger charge is -2.05. The molecule has 0 aliphatic rings. The minimum absolute atomic E-state index is 0.236. The molecule has 0 saturated carbocycles. The van der Waals surface area contributed by atoms with E-state index in [-0.39, 0.29) is 4.21 Å². The molecule has 122 valence electrons. The molecule has 0 aliphatic heterocycles. The van der Waals surface area contributed by atoms with E-state index in [0.29, 0.717) is 17.4 Å². The first kappa shape index (κ1) is 18.4. The predicted octanol–water partition coefficient (Wildman–Crippen LogP) is 3.45. The van der Waals surface area contributed by atoms with Crippen molar-refractivity contribution in [1.29, 1.82) is 0 Å². The summed E-state index contributed by atoms with van der Waals surface area (Å²) in [5.41, 5.74) is 6.01. The van der Waals surface area contributed by atoms with Crippen LogP contribution in [-0.4, -0.2) is 19.9 Å². The van der Waals surface area contributed by atoms with Crippen molar-refractivity contribution in [3.05, 3.63) is 5.69 Å². The minimum Gasteiger partial charge on any atom is -0.375 e. The lowest BCUT2D eigenvalue weighted by atomic mass is 10.1. The van der Waals surface area contributed by atoms with Gasteiger partial charge in [0, 0.05) is 6.54 Å². The minimum atomic E-state index is -3.45. The third-order valence-corrected chi connectivity index (χ3v) is 6.39. The van der Waals surface area contributed by atoms with E-state index < -0.39 is 10.0 Å². The number of nitrogens with one attached hydrogen (secondary N) is 1. The Morgan fingerprint density at radius 3 is 2.19 bits per heavy atom. The van der Waals surface area contributed by atoms with E-state index >= 15 is 0 Å². The van der Waals surface area contributed by atoms with Gasteiger partial charge in [-0.05, 0) is 13.3 Å². The highest BCUT2D eigenvalue weighted by Crippen LogP contribution is 2.24. The second-order valence-electron chi connectivity index (χ2n) is 5.30. The van der Waals surface area contributed by atoms with Crippen LogP contribution in [0.15, 0.2) is 4.21 Å².